The lowest BCUT2D eigenvalue weighted by Crippen LogP contribution is -2.51. The van der Waals surface area contributed by atoms with Gasteiger partial charge in [-0.15, -0.1) is 0 Å². The average Bonchev–Trinajstić information content (AvgIpc) is 2.66. The third kappa shape index (κ3) is 4.83. The molecule has 2 aromatic rings. The molecule has 2 amide bonds. The zero-order valence-electron chi connectivity index (χ0n) is 14.7. The molecule has 0 radical (unpaired) electrons. The molecule has 0 aromatic heterocycles. The van der Waals surface area contributed by atoms with Crippen LogP contribution in [0.2, 0.25) is 0 Å². The molecular weight excluding hydrogens is 310 g/mol. The van der Waals surface area contributed by atoms with E-state index in [4.69, 9.17) is 0 Å². The summed E-state index contributed by atoms with van der Waals surface area (Å²) >= 11 is 0. The Balaban J connectivity index is 1.64. The molecule has 4 nitrogen and oxygen atoms in total. The maximum atomic E-state index is 12.4. The maximum absolute atomic E-state index is 12.4. The van der Waals surface area contributed by atoms with Gasteiger partial charge in [0.05, 0.1) is 0 Å². The summed E-state index contributed by atoms with van der Waals surface area (Å²) < 4.78 is 0. The molecule has 1 heterocycles. The quantitative estimate of drug-likeness (QED) is 0.785. The molecule has 0 spiro atoms. The molecule has 4 heteroatoms. The van der Waals surface area contributed by atoms with Gasteiger partial charge in [0.2, 0.25) is 0 Å². The van der Waals surface area contributed by atoms with E-state index in [9.17, 15) is 4.79 Å². The molecule has 132 valence electrons. The monoisotopic (exact) mass is 337 g/mol. The molecule has 0 unspecified atom stereocenters. The summed E-state index contributed by atoms with van der Waals surface area (Å²) in [6.45, 7) is 4.68. The lowest BCUT2D eigenvalue weighted by atomic mass is 9.91. The maximum Gasteiger partial charge on any atom is 0.315 e. The number of urea groups is 1. The van der Waals surface area contributed by atoms with Gasteiger partial charge < -0.3 is 16.0 Å². The second-order valence-electron chi connectivity index (χ2n) is 6.80. The molecule has 3 N–H and O–H groups in total. The van der Waals surface area contributed by atoms with Crippen molar-refractivity contribution >= 4 is 6.03 Å². The Hall–Kier alpha value is -2.33. The van der Waals surface area contributed by atoms with E-state index in [-0.39, 0.29) is 18.0 Å². The fourth-order valence-corrected chi connectivity index (χ4v) is 3.44. The minimum atomic E-state index is -0.0735. The van der Waals surface area contributed by atoms with E-state index >= 15 is 0 Å². The van der Waals surface area contributed by atoms with Crippen LogP contribution in [0, 0.1) is 5.92 Å². The summed E-state index contributed by atoms with van der Waals surface area (Å²) in [5, 5.41) is 9.57. The van der Waals surface area contributed by atoms with Crippen molar-refractivity contribution in [1.29, 1.82) is 0 Å². The number of piperidine rings is 1. The Bertz CT molecular complexity index is 620. The molecule has 0 bridgehead atoms. The molecule has 0 saturated carbocycles. The number of hydrogen-bond acceptors (Lipinski definition) is 2. The van der Waals surface area contributed by atoms with Crippen LogP contribution in [0.1, 0.15) is 30.4 Å². The van der Waals surface area contributed by atoms with E-state index in [0.717, 1.165) is 19.5 Å². The average molecular weight is 337 g/mol. The third-order valence-corrected chi connectivity index (χ3v) is 4.97. The van der Waals surface area contributed by atoms with E-state index in [1.165, 1.54) is 11.1 Å². The Morgan fingerprint density at radius 3 is 2.24 bits per heavy atom. The zero-order chi connectivity index (χ0) is 17.5. The van der Waals surface area contributed by atoms with Crippen LogP contribution in [-0.4, -0.2) is 31.7 Å². The number of hydrogen-bond donors (Lipinski definition) is 3. The van der Waals surface area contributed by atoms with Gasteiger partial charge in [-0.2, -0.15) is 0 Å². The van der Waals surface area contributed by atoms with E-state index in [0.29, 0.717) is 12.5 Å². The van der Waals surface area contributed by atoms with Crippen LogP contribution >= 0.6 is 0 Å². The standard InChI is InChI=1S/C21H27N3O/c1-16-14-22-13-12-20(16)24-21(25)23-15-19(17-8-4-2-5-9-17)18-10-6-3-7-11-18/h2-11,16,19-20,22H,12-15H2,1H3,(H2,23,24,25)/t16-,20+/m0/s1. The van der Waals surface area contributed by atoms with Gasteiger partial charge >= 0.3 is 6.03 Å². The highest BCUT2D eigenvalue weighted by Crippen LogP contribution is 2.23. The molecule has 1 aliphatic rings. The minimum Gasteiger partial charge on any atom is -0.337 e. The summed E-state index contributed by atoms with van der Waals surface area (Å²) in [5.41, 5.74) is 2.42. The summed E-state index contributed by atoms with van der Waals surface area (Å²) in [5.74, 6) is 0.608. The van der Waals surface area contributed by atoms with Crippen molar-refractivity contribution in [2.24, 2.45) is 5.92 Å². The van der Waals surface area contributed by atoms with Crippen molar-refractivity contribution in [1.82, 2.24) is 16.0 Å². The van der Waals surface area contributed by atoms with Crippen LogP contribution in [0.3, 0.4) is 0 Å². The van der Waals surface area contributed by atoms with E-state index in [1.54, 1.807) is 0 Å². The molecule has 1 saturated heterocycles. The van der Waals surface area contributed by atoms with Crippen LogP contribution in [0.5, 0.6) is 0 Å². The normalized spacial score (nSPS) is 20.2. The van der Waals surface area contributed by atoms with Crippen LogP contribution in [0.15, 0.2) is 60.7 Å². The van der Waals surface area contributed by atoms with Crippen LogP contribution < -0.4 is 16.0 Å². The SMILES string of the molecule is C[C@H]1CNCC[C@H]1NC(=O)NCC(c1ccccc1)c1ccccc1. The van der Waals surface area contributed by atoms with Gasteiger partial charge in [-0.3, -0.25) is 0 Å². The van der Waals surface area contributed by atoms with Crippen molar-refractivity contribution in [2.75, 3.05) is 19.6 Å². The van der Waals surface area contributed by atoms with Crippen molar-refractivity contribution in [2.45, 2.75) is 25.3 Å². The van der Waals surface area contributed by atoms with Gasteiger partial charge in [0.25, 0.3) is 0 Å². The zero-order valence-corrected chi connectivity index (χ0v) is 14.7. The van der Waals surface area contributed by atoms with Crippen molar-refractivity contribution in [3.05, 3.63) is 71.8 Å². The lowest BCUT2D eigenvalue weighted by molar-refractivity contribution is 0.224. The summed E-state index contributed by atoms with van der Waals surface area (Å²) in [7, 11) is 0. The fraction of sp³-hybridized carbons (Fsp3) is 0.381. The molecule has 2 aromatic carbocycles. The lowest BCUT2D eigenvalue weighted by Gasteiger charge is -2.30. The molecule has 25 heavy (non-hydrogen) atoms. The first-order chi connectivity index (χ1) is 12.2. The van der Waals surface area contributed by atoms with Gasteiger partial charge in [0, 0.05) is 18.5 Å². The molecule has 0 aliphatic carbocycles. The fourth-order valence-electron chi connectivity index (χ4n) is 3.44. The van der Waals surface area contributed by atoms with Gasteiger partial charge in [-0.05, 0) is 36.6 Å². The van der Waals surface area contributed by atoms with Crippen LogP contribution in [-0.2, 0) is 0 Å². The van der Waals surface area contributed by atoms with Gasteiger partial charge in [-0.1, -0.05) is 67.6 Å². The Morgan fingerprint density at radius 1 is 1.08 bits per heavy atom. The predicted octanol–water partition coefficient (Wildman–Crippen LogP) is 3.12. The Kier molecular flexibility index (Phi) is 6.07. The number of carbonyl (C=O) groups excluding carboxylic acids is 1. The van der Waals surface area contributed by atoms with Crippen molar-refractivity contribution < 1.29 is 4.79 Å². The van der Waals surface area contributed by atoms with E-state index < -0.39 is 0 Å². The summed E-state index contributed by atoms with van der Waals surface area (Å²) in [6.07, 6.45) is 0.982. The highest BCUT2D eigenvalue weighted by molar-refractivity contribution is 5.74. The molecule has 3 rings (SSSR count). The smallest absolute Gasteiger partial charge is 0.315 e. The first kappa shape index (κ1) is 17.5. The van der Waals surface area contributed by atoms with Gasteiger partial charge in [0.15, 0.2) is 0 Å². The highest BCUT2D eigenvalue weighted by atomic mass is 16.2. The summed E-state index contributed by atoms with van der Waals surface area (Å²) in [4.78, 5) is 12.4. The topological polar surface area (TPSA) is 53.2 Å². The molecule has 2 atom stereocenters. The van der Waals surface area contributed by atoms with Crippen molar-refractivity contribution in [3.63, 3.8) is 0 Å². The first-order valence-corrected chi connectivity index (χ1v) is 9.09. The number of amides is 2. The predicted molar refractivity (Wildman–Crippen MR) is 102 cm³/mol. The van der Waals surface area contributed by atoms with Crippen LogP contribution in [0.25, 0.3) is 0 Å². The molecule has 1 aliphatic heterocycles. The number of rotatable bonds is 5. The number of nitrogens with one attached hydrogen (secondary N) is 3. The largest absolute Gasteiger partial charge is 0.337 e. The second kappa shape index (κ2) is 8.67. The third-order valence-electron chi connectivity index (χ3n) is 4.97. The number of carbonyl (C=O) groups is 1. The Morgan fingerprint density at radius 2 is 1.68 bits per heavy atom. The van der Waals surface area contributed by atoms with Gasteiger partial charge in [-0.25, -0.2) is 4.79 Å². The summed E-state index contributed by atoms with van der Waals surface area (Å²) in [6, 6.07) is 20.8. The second-order valence-corrected chi connectivity index (χ2v) is 6.80. The highest BCUT2D eigenvalue weighted by Gasteiger charge is 2.23. The van der Waals surface area contributed by atoms with E-state index in [1.807, 2.05) is 36.4 Å². The van der Waals surface area contributed by atoms with E-state index in [2.05, 4.69) is 47.1 Å². The Labute approximate surface area is 150 Å². The first-order valence-electron chi connectivity index (χ1n) is 9.09. The molecule has 1 fully saturated rings. The van der Waals surface area contributed by atoms with Crippen LogP contribution in [0.4, 0.5) is 4.79 Å². The molecular formula is C21H27N3O. The number of benzene rings is 2. The van der Waals surface area contributed by atoms with Gasteiger partial charge in [0.1, 0.15) is 0 Å². The van der Waals surface area contributed by atoms with Crippen molar-refractivity contribution in [3.8, 4) is 0 Å². The minimum absolute atomic E-state index is 0.0735.